The van der Waals surface area contributed by atoms with Gasteiger partial charge < -0.3 is 8.85 Å². The molecule has 0 radical (unpaired) electrons. The first kappa shape index (κ1) is 48.0. The summed E-state index contributed by atoms with van der Waals surface area (Å²) in [5, 5.41) is 5.22. The fourth-order valence-corrected chi connectivity index (χ4v) is 21.9. The van der Waals surface area contributed by atoms with E-state index in [9.17, 15) is 9.59 Å². The van der Waals surface area contributed by atoms with Gasteiger partial charge in [-0.25, -0.2) is 0 Å². The molecule has 4 aromatic rings. The van der Waals surface area contributed by atoms with Crippen LogP contribution in [0.3, 0.4) is 0 Å². The molecule has 2 saturated carbocycles. The van der Waals surface area contributed by atoms with E-state index in [0.29, 0.717) is 36.5 Å². The predicted octanol–water partition coefficient (Wildman–Crippen LogP) is 11.8. The van der Waals surface area contributed by atoms with E-state index in [0.717, 1.165) is 25.7 Å². The number of hydrogen-bond acceptors (Lipinski definition) is 4. The summed E-state index contributed by atoms with van der Waals surface area (Å²) in [5.41, 5.74) is 2.53. The van der Waals surface area contributed by atoms with Crippen LogP contribution in [0.5, 0.6) is 0 Å². The van der Waals surface area contributed by atoms with Gasteiger partial charge >= 0.3 is 0 Å². The Morgan fingerprint density at radius 2 is 0.750 bits per heavy atom. The van der Waals surface area contributed by atoms with Gasteiger partial charge in [-0.3, -0.25) is 9.59 Å². The van der Waals surface area contributed by atoms with Crippen LogP contribution in [0.1, 0.15) is 122 Å². The van der Waals surface area contributed by atoms with Gasteiger partial charge in [0.25, 0.3) is 16.6 Å². The quantitative estimate of drug-likeness (QED) is 0.149. The van der Waals surface area contributed by atoms with Gasteiger partial charge in [0.2, 0.25) is 0 Å². The second-order valence-electron chi connectivity index (χ2n) is 22.7. The molecule has 0 aliphatic heterocycles. The highest BCUT2D eigenvalue weighted by Gasteiger charge is 2.59. The van der Waals surface area contributed by atoms with Crippen molar-refractivity contribution in [3.63, 3.8) is 0 Å². The zero-order chi connectivity index (χ0) is 46.3. The van der Waals surface area contributed by atoms with Gasteiger partial charge in [0.05, 0.1) is 12.2 Å². The molecule has 0 N–H and O–H groups in total. The molecule has 64 heavy (non-hydrogen) atoms. The number of carbonyl (C=O) groups is 2. The second-order valence-corrected chi connectivity index (χ2v) is 31.2. The molecular weight excluding hydrogens is 817 g/mol. The molecule has 4 nitrogen and oxygen atoms in total. The fraction of sp³-hybridized carbons (Fsp3) is 0.483. The fourth-order valence-electron chi connectivity index (χ4n) is 12.3. The lowest BCUT2D eigenvalue weighted by atomic mass is 9.72. The Balaban J connectivity index is 0.000000191. The van der Waals surface area contributed by atoms with E-state index in [2.05, 4.69) is 204 Å². The standard InChI is InChI=1S/2C29H38O2Si/c2*1-21(2)25-20-27(29(6)18-17-22(30)19-26(25)29)31-32(28(3,4)5,23-13-9-7-10-14-23)24-15-11-8-12-16-24/h2*7-16,19,21,25,27H,17-18,20H2,1-6H3/t25-,27+,29+;25-,27-,29-/m10/s1. The molecule has 340 valence electrons. The maximum atomic E-state index is 12.4. The van der Waals surface area contributed by atoms with Crippen molar-refractivity contribution in [2.24, 2.45) is 34.5 Å². The highest BCUT2D eigenvalue weighted by atomic mass is 28.4. The van der Waals surface area contributed by atoms with Crippen molar-refractivity contribution in [3.05, 3.63) is 145 Å². The Kier molecular flexibility index (Phi) is 13.8. The molecule has 4 aliphatic carbocycles. The maximum Gasteiger partial charge on any atom is 0.261 e. The molecule has 8 rings (SSSR count). The Morgan fingerprint density at radius 3 is 0.984 bits per heavy atom. The van der Waals surface area contributed by atoms with Crippen LogP contribution >= 0.6 is 0 Å². The Morgan fingerprint density at radius 1 is 0.484 bits per heavy atom. The zero-order valence-corrected chi connectivity index (χ0v) is 43.0. The minimum Gasteiger partial charge on any atom is -0.404 e. The first-order valence-corrected chi connectivity index (χ1v) is 28.1. The molecule has 4 aliphatic rings. The zero-order valence-electron chi connectivity index (χ0n) is 41.0. The lowest BCUT2D eigenvalue weighted by Crippen LogP contribution is -2.68. The molecule has 4 aromatic carbocycles. The molecular formula is C58H76O4Si2. The van der Waals surface area contributed by atoms with Crippen molar-refractivity contribution in [1.82, 2.24) is 0 Å². The molecule has 0 unspecified atom stereocenters. The lowest BCUT2D eigenvalue weighted by Gasteiger charge is -2.48. The van der Waals surface area contributed by atoms with Crippen molar-refractivity contribution in [2.75, 3.05) is 0 Å². The van der Waals surface area contributed by atoms with E-state index in [-0.39, 0.29) is 44.7 Å². The van der Waals surface area contributed by atoms with Gasteiger partial charge in [-0.15, -0.1) is 0 Å². The van der Waals surface area contributed by atoms with Gasteiger partial charge in [0.1, 0.15) is 0 Å². The third-order valence-electron chi connectivity index (χ3n) is 16.0. The van der Waals surface area contributed by atoms with E-state index in [1.54, 1.807) is 0 Å². The van der Waals surface area contributed by atoms with E-state index in [1.807, 2.05) is 12.2 Å². The average Bonchev–Trinajstić information content (AvgIpc) is 3.71. The third kappa shape index (κ3) is 8.62. The van der Waals surface area contributed by atoms with Crippen molar-refractivity contribution >= 4 is 48.9 Å². The van der Waals surface area contributed by atoms with Crippen LogP contribution in [0.15, 0.2) is 145 Å². The Hall–Kier alpha value is -3.95. The number of hydrogen-bond donors (Lipinski definition) is 0. The first-order chi connectivity index (χ1) is 30.2. The topological polar surface area (TPSA) is 52.6 Å². The van der Waals surface area contributed by atoms with E-state index in [1.165, 1.54) is 31.9 Å². The molecule has 0 saturated heterocycles. The molecule has 0 bridgehead atoms. The van der Waals surface area contributed by atoms with Crippen molar-refractivity contribution in [2.45, 2.75) is 144 Å². The number of benzene rings is 4. The van der Waals surface area contributed by atoms with Crippen LogP contribution in [0.25, 0.3) is 0 Å². The lowest BCUT2D eigenvalue weighted by molar-refractivity contribution is -0.116. The monoisotopic (exact) mass is 893 g/mol. The van der Waals surface area contributed by atoms with Crippen molar-refractivity contribution in [1.29, 1.82) is 0 Å². The first-order valence-electron chi connectivity index (χ1n) is 24.3. The van der Waals surface area contributed by atoms with Gasteiger partial charge in [0.15, 0.2) is 11.6 Å². The second kappa shape index (κ2) is 18.4. The molecule has 6 atom stereocenters. The van der Waals surface area contributed by atoms with Crippen LogP contribution in [0, 0.1) is 34.5 Å². The van der Waals surface area contributed by atoms with E-state index < -0.39 is 16.6 Å². The summed E-state index contributed by atoms with van der Waals surface area (Å²) in [7, 11) is -5.26. The summed E-state index contributed by atoms with van der Waals surface area (Å²) in [5.74, 6) is 2.39. The summed E-state index contributed by atoms with van der Waals surface area (Å²) in [6.07, 6.45) is 9.21. The number of rotatable bonds is 10. The average molecular weight is 893 g/mol. The van der Waals surface area contributed by atoms with Crippen LogP contribution < -0.4 is 20.7 Å². The number of allylic oxidation sites excluding steroid dienone is 2. The Labute approximate surface area is 388 Å². The summed E-state index contributed by atoms with van der Waals surface area (Å²) in [4.78, 5) is 24.8. The maximum absolute atomic E-state index is 12.4. The van der Waals surface area contributed by atoms with Gasteiger partial charge in [0, 0.05) is 23.7 Å². The van der Waals surface area contributed by atoms with Crippen LogP contribution in [0.4, 0.5) is 0 Å². The van der Waals surface area contributed by atoms with Gasteiger partial charge in [-0.2, -0.15) is 0 Å². The SMILES string of the molecule is CC(C)[C@@H]1C[C@H](O[Si](c2ccccc2)(c2ccccc2)C(C)(C)C)[C@@]2(C)CCC(=O)C=C12.CC(C)[C@H]1C[C@H](O[Si](c2ccccc2)(c2ccccc2)C(C)(C)C)[C@@]2(C)CCC(=O)C=C12. The van der Waals surface area contributed by atoms with Crippen molar-refractivity contribution < 1.29 is 18.4 Å². The van der Waals surface area contributed by atoms with Gasteiger partial charge in [-0.1, -0.05) is 216 Å². The van der Waals surface area contributed by atoms with Crippen LogP contribution in [-0.4, -0.2) is 40.4 Å². The molecule has 0 aromatic heterocycles. The molecule has 6 heteroatoms. The minimum atomic E-state index is -2.63. The minimum absolute atomic E-state index is 0.0453. The molecule has 0 amide bonds. The van der Waals surface area contributed by atoms with Crippen molar-refractivity contribution in [3.8, 4) is 0 Å². The summed E-state index contributed by atoms with van der Waals surface area (Å²) < 4.78 is 15.2. The van der Waals surface area contributed by atoms with E-state index in [4.69, 9.17) is 8.85 Å². The Bertz CT molecular complexity index is 2060. The predicted molar refractivity (Wildman–Crippen MR) is 272 cm³/mol. The molecule has 2 fully saturated rings. The third-order valence-corrected chi connectivity index (χ3v) is 26.1. The van der Waals surface area contributed by atoms with E-state index >= 15 is 0 Å². The highest BCUT2D eigenvalue weighted by molar-refractivity contribution is 7.00. The largest absolute Gasteiger partial charge is 0.404 e. The highest BCUT2D eigenvalue weighted by Crippen LogP contribution is 2.58. The number of fused-ring (bicyclic) bond motifs is 2. The summed E-state index contributed by atoms with van der Waals surface area (Å²) in [6.45, 7) is 27.9. The molecule has 0 spiro atoms. The van der Waals surface area contributed by atoms with Gasteiger partial charge in [-0.05, 0) is 92.3 Å². The normalized spacial score (nSPS) is 26.2. The molecule has 0 heterocycles. The number of ketones is 2. The van der Waals surface area contributed by atoms with Crippen LogP contribution in [-0.2, 0) is 18.4 Å². The smallest absolute Gasteiger partial charge is 0.261 e. The summed E-state index contributed by atoms with van der Waals surface area (Å²) >= 11 is 0. The van der Waals surface area contributed by atoms with Crippen LogP contribution in [0.2, 0.25) is 10.1 Å². The summed E-state index contributed by atoms with van der Waals surface area (Å²) in [6, 6.07) is 43.7. The number of carbonyl (C=O) groups excluding carboxylic acids is 2.